The minimum atomic E-state index is -0.383. The van der Waals surface area contributed by atoms with Crippen molar-refractivity contribution in [1.82, 2.24) is 4.57 Å². The van der Waals surface area contributed by atoms with Crippen LogP contribution in [0.2, 0.25) is 0 Å². The number of ether oxygens (including phenoxy) is 2. The lowest BCUT2D eigenvalue weighted by Gasteiger charge is -2.09. The molecule has 0 saturated carbocycles. The van der Waals surface area contributed by atoms with Gasteiger partial charge in [-0.15, -0.1) is 0 Å². The Bertz CT molecular complexity index is 973. The topological polar surface area (TPSA) is 57.5 Å². The summed E-state index contributed by atoms with van der Waals surface area (Å²) < 4.78 is 12.7. The standard InChI is InChI=1S/C22H23NO4/c1-4-9-20(24)27-17-12-13-19-18(14-17)21(22(25)26-5-2)15(3)23(19)16-10-7-6-8-11-16/h6-8,10-14H,4-5,9H2,1-3H3. The molecule has 0 spiro atoms. The van der Waals surface area contributed by atoms with Crippen LogP contribution in [0.4, 0.5) is 0 Å². The third-order valence-corrected chi connectivity index (χ3v) is 4.36. The van der Waals surface area contributed by atoms with Crippen LogP contribution in [0.3, 0.4) is 0 Å². The summed E-state index contributed by atoms with van der Waals surface area (Å²) in [6.45, 7) is 5.89. The van der Waals surface area contributed by atoms with Gasteiger partial charge in [-0.2, -0.15) is 0 Å². The van der Waals surface area contributed by atoms with E-state index in [4.69, 9.17) is 9.47 Å². The van der Waals surface area contributed by atoms with Crippen molar-refractivity contribution in [3.05, 3.63) is 59.8 Å². The van der Waals surface area contributed by atoms with Crippen molar-refractivity contribution < 1.29 is 19.1 Å². The molecular formula is C22H23NO4. The quantitative estimate of drug-likeness (QED) is 0.464. The van der Waals surface area contributed by atoms with Crippen molar-refractivity contribution in [2.75, 3.05) is 6.61 Å². The number of rotatable bonds is 6. The highest BCUT2D eigenvalue weighted by atomic mass is 16.5. The van der Waals surface area contributed by atoms with Crippen LogP contribution in [-0.2, 0) is 9.53 Å². The Labute approximate surface area is 158 Å². The molecule has 0 fully saturated rings. The number of hydrogen-bond acceptors (Lipinski definition) is 4. The Morgan fingerprint density at radius 1 is 1.04 bits per heavy atom. The molecule has 0 aliphatic carbocycles. The summed E-state index contributed by atoms with van der Waals surface area (Å²) in [5, 5.41) is 0.705. The fourth-order valence-electron chi connectivity index (χ4n) is 3.22. The number of aromatic nitrogens is 1. The van der Waals surface area contributed by atoms with E-state index in [1.165, 1.54) is 0 Å². The molecule has 0 aliphatic heterocycles. The smallest absolute Gasteiger partial charge is 0.340 e. The number of fused-ring (bicyclic) bond motifs is 1. The van der Waals surface area contributed by atoms with Crippen molar-refractivity contribution in [1.29, 1.82) is 0 Å². The fraction of sp³-hybridized carbons (Fsp3) is 0.273. The maximum atomic E-state index is 12.6. The predicted molar refractivity (Wildman–Crippen MR) is 105 cm³/mol. The first kappa shape index (κ1) is 18.7. The van der Waals surface area contributed by atoms with Crippen LogP contribution in [0.15, 0.2) is 48.5 Å². The van der Waals surface area contributed by atoms with E-state index in [2.05, 4.69) is 0 Å². The van der Waals surface area contributed by atoms with E-state index in [0.29, 0.717) is 29.7 Å². The molecular weight excluding hydrogens is 342 g/mol. The van der Waals surface area contributed by atoms with Crippen LogP contribution >= 0.6 is 0 Å². The molecule has 0 saturated heterocycles. The van der Waals surface area contributed by atoms with Crippen molar-refractivity contribution in [2.24, 2.45) is 0 Å². The number of esters is 2. The summed E-state index contributed by atoms with van der Waals surface area (Å²) in [4.78, 5) is 24.5. The molecule has 5 heteroatoms. The highest BCUT2D eigenvalue weighted by Gasteiger charge is 2.22. The molecule has 0 bridgehead atoms. The van der Waals surface area contributed by atoms with Gasteiger partial charge in [0.15, 0.2) is 0 Å². The molecule has 1 heterocycles. The number of nitrogens with zero attached hydrogens (tertiary/aromatic N) is 1. The molecule has 0 unspecified atom stereocenters. The molecule has 0 N–H and O–H groups in total. The SMILES string of the molecule is CCCC(=O)Oc1ccc2c(c1)c(C(=O)OCC)c(C)n2-c1ccccc1. The second-order valence-electron chi connectivity index (χ2n) is 6.25. The van der Waals surface area contributed by atoms with E-state index in [1.807, 2.05) is 54.8 Å². The number of carbonyl (C=O) groups is 2. The molecule has 0 amide bonds. The molecule has 0 aliphatic rings. The monoisotopic (exact) mass is 365 g/mol. The summed E-state index contributed by atoms with van der Waals surface area (Å²) in [7, 11) is 0. The van der Waals surface area contributed by atoms with Gasteiger partial charge in [0.25, 0.3) is 0 Å². The summed E-state index contributed by atoms with van der Waals surface area (Å²) in [5.74, 6) is -0.239. The first-order valence-corrected chi connectivity index (χ1v) is 9.15. The van der Waals surface area contributed by atoms with E-state index in [1.54, 1.807) is 19.1 Å². The van der Waals surface area contributed by atoms with Crippen LogP contribution in [-0.4, -0.2) is 23.1 Å². The highest BCUT2D eigenvalue weighted by Crippen LogP contribution is 2.32. The van der Waals surface area contributed by atoms with Crippen LogP contribution < -0.4 is 4.74 Å². The zero-order valence-corrected chi connectivity index (χ0v) is 15.8. The molecule has 140 valence electrons. The van der Waals surface area contributed by atoms with Crippen LogP contribution in [0, 0.1) is 6.92 Å². The molecule has 0 atom stereocenters. The lowest BCUT2D eigenvalue weighted by molar-refractivity contribution is -0.134. The molecule has 3 aromatic rings. The molecule has 27 heavy (non-hydrogen) atoms. The Morgan fingerprint density at radius 3 is 2.44 bits per heavy atom. The maximum absolute atomic E-state index is 12.6. The molecule has 0 radical (unpaired) electrons. The molecule has 5 nitrogen and oxygen atoms in total. The average molecular weight is 365 g/mol. The van der Waals surface area contributed by atoms with Crippen LogP contribution in [0.25, 0.3) is 16.6 Å². The zero-order chi connectivity index (χ0) is 19.4. The number of hydrogen-bond donors (Lipinski definition) is 0. The van der Waals surface area contributed by atoms with Gasteiger partial charge >= 0.3 is 11.9 Å². The minimum Gasteiger partial charge on any atom is -0.462 e. The van der Waals surface area contributed by atoms with E-state index in [9.17, 15) is 9.59 Å². The van der Waals surface area contributed by atoms with Gasteiger partial charge in [0.2, 0.25) is 0 Å². The van der Waals surface area contributed by atoms with Crippen LogP contribution in [0.5, 0.6) is 5.75 Å². The maximum Gasteiger partial charge on any atom is 0.340 e. The van der Waals surface area contributed by atoms with E-state index >= 15 is 0 Å². The van der Waals surface area contributed by atoms with Gasteiger partial charge in [-0.1, -0.05) is 25.1 Å². The summed E-state index contributed by atoms with van der Waals surface area (Å²) in [6.07, 6.45) is 1.07. The number of carbonyl (C=O) groups excluding carboxylic acids is 2. The van der Waals surface area contributed by atoms with Crippen molar-refractivity contribution in [3.63, 3.8) is 0 Å². The Kier molecular flexibility index (Phi) is 5.60. The third kappa shape index (κ3) is 3.72. The van der Waals surface area contributed by atoms with Gasteiger partial charge < -0.3 is 14.0 Å². The van der Waals surface area contributed by atoms with Gasteiger partial charge in [0.1, 0.15) is 5.75 Å². The Morgan fingerprint density at radius 2 is 1.78 bits per heavy atom. The number of para-hydroxylation sites is 1. The van der Waals surface area contributed by atoms with E-state index in [-0.39, 0.29) is 11.9 Å². The average Bonchev–Trinajstić information content (AvgIpc) is 2.94. The first-order chi connectivity index (χ1) is 13.1. The summed E-state index contributed by atoms with van der Waals surface area (Å²) in [5.41, 5.74) is 3.08. The minimum absolute atomic E-state index is 0.284. The highest BCUT2D eigenvalue weighted by molar-refractivity contribution is 6.07. The van der Waals surface area contributed by atoms with Gasteiger partial charge in [-0.3, -0.25) is 4.79 Å². The van der Waals surface area contributed by atoms with Crippen molar-refractivity contribution >= 4 is 22.8 Å². The predicted octanol–water partition coefficient (Wildman–Crippen LogP) is 4.82. The van der Waals surface area contributed by atoms with E-state index in [0.717, 1.165) is 23.3 Å². The number of benzene rings is 2. The summed E-state index contributed by atoms with van der Waals surface area (Å²) >= 11 is 0. The largest absolute Gasteiger partial charge is 0.462 e. The van der Waals surface area contributed by atoms with Crippen molar-refractivity contribution in [3.8, 4) is 11.4 Å². The van der Waals surface area contributed by atoms with Gasteiger partial charge in [0, 0.05) is 23.2 Å². The lowest BCUT2D eigenvalue weighted by atomic mass is 10.1. The fourth-order valence-corrected chi connectivity index (χ4v) is 3.22. The lowest BCUT2D eigenvalue weighted by Crippen LogP contribution is -2.07. The molecule has 1 aromatic heterocycles. The molecule has 3 rings (SSSR count). The second-order valence-corrected chi connectivity index (χ2v) is 6.25. The van der Waals surface area contributed by atoms with Crippen LogP contribution in [0.1, 0.15) is 42.7 Å². The molecule has 2 aromatic carbocycles. The Hall–Kier alpha value is -3.08. The zero-order valence-electron chi connectivity index (χ0n) is 15.8. The first-order valence-electron chi connectivity index (χ1n) is 9.15. The van der Waals surface area contributed by atoms with Gasteiger partial charge in [-0.25, -0.2) is 4.79 Å². The summed E-state index contributed by atoms with van der Waals surface area (Å²) in [6, 6.07) is 15.2. The van der Waals surface area contributed by atoms with Gasteiger partial charge in [0.05, 0.1) is 17.7 Å². The normalized spacial score (nSPS) is 10.8. The van der Waals surface area contributed by atoms with E-state index < -0.39 is 0 Å². The third-order valence-electron chi connectivity index (χ3n) is 4.36. The Balaban J connectivity index is 2.18. The van der Waals surface area contributed by atoms with Crippen molar-refractivity contribution in [2.45, 2.75) is 33.6 Å². The second kappa shape index (κ2) is 8.08. The van der Waals surface area contributed by atoms with Gasteiger partial charge in [-0.05, 0) is 50.6 Å².